The van der Waals surface area contributed by atoms with Crippen LogP contribution in [0.4, 0.5) is 5.69 Å². The highest BCUT2D eigenvalue weighted by Gasteiger charge is 2.26. The normalized spacial score (nSPS) is 18.2. The van der Waals surface area contributed by atoms with Crippen molar-refractivity contribution in [3.8, 4) is 0 Å². The van der Waals surface area contributed by atoms with Crippen molar-refractivity contribution in [2.45, 2.75) is 31.8 Å². The van der Waals surface area contributed by atoms with E-state index >= 15 is 0 Å². The average Bonchev–Trinajstić information content (AvgIpc) is 2.67. The van der Waals surface area contributed by atoms with Crippen molar-refractivity contribution >= 4 is 22.5 Å². The highest BCUT2D eigenvalue weighted by atomic mass is 15.2. The van der Waals surface area contributed by atoms with Crippen molar-refractivity contribution in [1.82, 2.24) is 10.3 Å². The number of pyridine rings is 1. The Morgan fingerprint density at radius 1 is 1.04 bits per heavy atom. The fraction of sp³-hybridized carbons (Fsp3) is 0.238. The third-order valence-electron chi connectivity index (χ3n) is 5.08. The molecule has 0 fully saturated rings. The summed E-state index contributed by atoms with van der Waals surface area (Å²) in [6.45, 7) is 0.665. The van der Waals surface area contributed by atoms with E-state index in [1.165, 1.54) is 35.0 Å². The largest absolute Gasteiger partial charge is 0.350 e. The monoisotopic (exact) mass is 328 g/mol. The number of aryl methyl sites for hydroxylation is 1. The van der Waals surface area contributed by atoms with Gasteiger partial charge in [-0.2, -0.15) is 0 Å². The van der Waals surface area contributed by atoms with E-state index in [0.717, 1.165) is 23.6 Å². The summed E-state index contributed by atoms with van der Waals surface area (Å²) < 4.78 is 0. The molecule has 2 aliphatic rings. The maximum Gasteiger partial charge on any atom is 0.196 e. The summed E-state index contributed by atoms with van der Waals surface area (Å²) in [4.78, 5) is 9.62. The van der Waals surface area contributed by atoms with E-state index in [1.54, 1.807) is 0 Å². The first kappa shape index (κ1) is 14.5. The number of aliphatic imine (C=N–C) groups is 1. The maximum absolute atomic E-state index is 4.90. The molecule has 3 aromatic rings. The average molecular weight is 328 g/mol. The van der Waals surface area contributed by atoms with Crippen LogP contribution in [0.3, 0.4) is 0 Å². The molecule has 1 unspecified atom stereocenters. The van der Waals surface area contributed by atoms with Crippen LogP contribution in [0.5, 0.6) is 0 Å². The number of nitrogens with one attached hydrogen (secondary N) is 2. The first-order chi connectivity index (χ1) is 12.4. The number of para-hydroxylation sites is 1. The molecule has 5 rings (SSSR count). The first-order valence-electron chi connectivity index (χ1n) is 8.92. The van der Waals surface area contributed by atoms with E-state index in [9.17, 15) is 0 Å². The Morgan fingerprint density at radius 2 is 2.00 bits per heavy atom. The number of hydrogen-bond donors (Lipinski definition) is 2. The summed E-state index contributed by atoms with van der Waals surface area (Å²) in [5.74, 6) is 0.853. The smallest absolute Gasteiger partial charge is 0.196 e. The zero-order chi connectivity index (χ0) is 16.6. The Kier molecular flexibility index (Phi) is 3.40. The predicted octanol–water partition coefficient (Wildman–Crippen LogP) is 4.18. The fourth-order valence-corrected chi connectivity index (χ4v) is 3.88. The van der Waals surface area contributed by atoms with E-state index in [4.69, 9.17) is 9.98 Å². The summed E-state index contributed by atoms with van der Waals surface area (Å²) in [6, 6.07) is 19.2. The van der Waals surface area contributed by atoms with Crippen LogP contribution >= 0.6 is 0 Å². The Morgan fingerprint density at radius 3 is 3.00 bits per heavy atom. The van der Waals surface area contributed by atoms with E-state index in [2.05, 4.69) is 53.1 Å². The molecule has 1 aliphatic carbocycles. The highest BCUT2D eigenvalue weighted by Crippen LogP contribution is 2.39. The maximum atomic E-state index is 4.90. The molecule has 2 N–H and O–H groups in total. The van der Waals surface area contributed by atoms with Crippen LogP contribution in [0, 0.1) is 0 Å². The highest BCUT2D eigenvalue weighted by molar-refractivity contribution is 5.96. The molecule has 4 heteroatoms. The Balaban J connectivity index is 1.37. The van der Waals surface area contributed by atoms with E-state index in [-0.39, 0.29) is 6.04 Å². The van der Waals surface area contributed by atoms with Crippen LogP contribution in [-0.4, -0.2) is 10.9 Å². The molecule has 1 aromatic heterocycles. The van der Waals surface area contributed by atoms with Crippen molar-refractivity contribution in [3.05, 3.63) is 71.4 Å². The van der Waals surface area contributed by atoms with Crippen LogP contribution in [0.15, 0.2) is 59.6 Å². The molecule has 0 bridgehead atoms. The van der Waals surface area contributed by atoms with Crippen LogP contribution in [0.2, 0.25) is 0 Å². The molecule has 1 aliphatic heterocycles. The van der Waals surface area contributed by atoms with E-state index in [0.29, 0.717) is 6.54 Å². The van der Waals surface area contributed by atoms with Crippen molar-refractivity contribution in [2.24, 2.45) is 4.99 Å². The summed E-state index contributed by atoms with van der Waals surface area (Å²) in [7, 11) is 0. The third-order valence-corrected chi connectivity index (χ3v) is 5.08. The number of hydrogen-bond acceptors (Lipinski definition) is 4. The van der Waals surface area contributed by atoms with Gasteiger partial charge < -0.3 is 10.6 Å². The molecule has 4 nitrogen and oxygen atoms in total. The number of guanidine groups is 1. The lowest BCUT2D eigenvalue weighted by Gasteiger charge is -2.30. The molecular weight excluding hydrogens is 308 g/mol. The quantitative estimate of drug-likeness (QED) is 0.742. The molecule has 1 atom stereocenters. The molecule has 0 radical (unpaired) electrons. The number of nitrogens with zero attached hydrogens (tertiary/aromatic N) is 2. The van der Waals surface area contributed by atoms with Crippen molar-refractivity contribution in [2.75, 3.05) is 5.32 Å². The van der Waals surface area contributed by atoms with E-state index in [1.807, 2.05) is 12.1 Å². The molecule has 2 aromatic carbocycles. The van der Waals surface area contributed by atoms with E-state index < -0.39 is 0 Å². The lowest BCUT2D eigenvalue weighted by molar-refractivity contribution is 0.567. The van der Waals surface area contributed by atoms with Gasteiger partial charge >= 0.3 is 0 Å². The minimum Gasteiger partial charge on any atom is -0.350 e. The standard InChI is InChI=1S/C21H20N4/c1-2-8-17-14(5-1)11-12-16(23-17)13-22-21-24-18-9-3-6-15-7-4-10-19(25-21)20(15)18/h1-3,5-6,8-9,11-12,19H,4,7,10,13H2,(H2,22,24,25). The lowest BCUT2D eigenvalue weighted by Crippen LogP contribution is -2.35. The summed E-state index contributed by atoms with van der Waals surface area (Å²) in [6.07, 6.45) is 3.51. The van der Waals surface area contributed by atoms with Gasteiger partial charge in [-0.3, -0.25) is 4.98 Å². The molecular formula is C21H20N4. The van der Waals surface area contributed by atoms with Gasteiger partial charge in [-0.15, -0.1) is 0 Å². The number of benzene rings is 2. The van der Waals surface area contributed by atoms with Gasteiger partial charge in [0, 0.05) is 16.6 Å². The van der Waals surface area contributed by atoms with Crippen LogP contribution in [-0.2, 0) is 13.0 Å². The predicted molar refractivity (Wildman–Crippen MR) is 102 cm³/mol. The molecule has 124 valence electrons. The molecule has 0 amide bonds. The molecule has 2 heterocycles. The van der Waals surface area contributed by atoms with Gasteiger partial charge in [0.15, 0.2) is 5.96 Å². The third kappa shape index (κ3) is 2.64. The number of anilines is 1. The Bertz CT molecular complexity index is 977. The van der Waals surface area contributed by atoms with Gasteiger partial charge in [-0.25, -0.2) is 4.99 Å². The van der Waals surface area contributed by atoms with Gasteiger partial charge in [-0.1, -0.05) is 36.4 Å². The topological polar surface area (TPSA) is 49.3 Å². The number of aromatic nitrogens is 1. The molecule has 0 spiro atoms. The minimum absolute atomic E-state index is 0.285. The second-order valence-corrected chi connectivity index (χ2v) is 6.74. The van der Waals surface area contributed by atoms with Gasteiger partial charge in [-0.05, 0) is 43.0 Å². The van der Waals surface area contributed by atoms with Crippen molar-refractivity contribution in [1.29, 1.82) is 0 Å². The Labute approximate surface area is 147 Å². The van der Waals surface area contributed by atoms with Gasteiger partial charge in [0.2, 0.25) is 0 Å². The van der Waals surface area contributed by atoms with Crippen LogP contribution < -0.4 is 10.6 Å². The second kappa shape index (κ2) is 5.88. The van der Waals surface area contributed by atoms with Crippen LogP contribution in [0.25, 0.3) is 10.9 Å². The summed E-state index contributed by atoms with van der Waals surface area (Å²) in [5, 5.41) is 8.05. The van der Waals surface area contributed by atoms with Gasteiger partial charge in [0.25, 0.3) is 0 Å². The zero-order valence-electron chi connectivity index (χ0n) is 14.0. The number of fused-ring (bicyclic) bond motifs is 1. The lowest BCUT2D eigenvalue weighted by atomic mass is 9.86. The SMILES string of the molecule is c1cc2c3c(c1)NC(NCc1ccc4ccccc4n1)=NC3CCC2. The zero-order valence-corrected chi connectivity index (χ0v) is 14.0. The van der Waals surface area contributed by atoms with Crippen LogP contribution in [0.1, 0.15) is 35.7 Å². The molecule has 25 heavy (non-hydrogen) atoms. The molecule has 0 saturated heterocycles. The van der Waals surface area contributed by atoms with Crippen molar-refractivity contribution in [3.63, 3.8) is 0 Å². The molecule has 0 saturated carbocycles. The summed E-state index contributed by atoms with van der Waals surface area (Å²) >= 11 is 0. The fourth-order valence-electron chi connectivity index (χ4n) is 3.88. The minimum atomic E-state index is 0.285. The first-order valence-corrected chi connectivity index (χ1v) is 8.92. The van der Waals surface area contributed by atoms with Gasteiger partial charge in [0.05, 0.1) is 23.8 Å². The van der Waals surface area contributed by atoms with Gasteiger partial charge in [0.1, 0.15) is 0 Å². The summed E-state index contributed by atoms with van der Waals surface area (Å²) in [5.41, 5.74) is 6.09. The number of rotatable bonds is 2. The Hall–Kier alpha value is -2.88. The second-order valence-electron chi connectivity index (χ2n) is 6.74. The van der Waals surface area contributed by atoms with Crippen molar-refractivity contribution < 1.29 is 0 Å².